The molecule has 0 aromatic heterocycles. The third-order valence-corrected chi connectivity index (χ3v) is 1.38. The molecule has 0 rings (SSSR count). The van der Waals surface area contributed by atoms with Crippen LogP contribution in [0, 0.1) is 0 Å². The minimum Gasteiger partial charge on any atom is -0.271 e. The number of nitrogens with two attached hydrogens (primary N) is 2. The Kier molecular flexibility index (Phi) is 2.63. The van der Waals surface area contributed by atoms with Crippen LogP contribution < -0.4 is 16.1 Å². The molecule has 4 nitrogen and oxygen atoms in total. The maximum atomic E-state index is 10.5. The molecule has 0 unspecified atom stereocenters. The minimum absolute atomic E-state index is 0.0795. The average molecular weight is 137 g/mol. The highest BCUT2D eigenvalue weighted by Crippen LogP contribution is 2.17. The van der Waals surface area contributed by atoms with Gasteiger partial charge in [0, 0.05) is 6.04 Å². The van der Waals surface area contributed by atoms with Crippen LogP contribution in [-0.2, 0) is 4.57 Å². The molecule has 0 heterocycles. The summed E-state index contributed by atoms with van der Waals surface area (Å²) >= 11 is 0. The fraction of sp³-hybridized carbons (Fsp3) is 1.00. The highest BCUT2D eigenvalue weighted by molar-refractivity contribution is 7.56. The molecule has 5 N–H and O–H groups in total. The summed E-state index contributed by atoms with van der Waals surface area (Å²) in [5.74, 6) is 0. The van der Waals surface area contributed by atoms with Crippen molar-refractivity contribution in [2.24, 2.45) is 11.0 Å². The molecule has 8 heavy (non-hydrogen) atoms. The maximum Gasteiger partial charge on any atom is 0.273 e. The van der Waals surface area contributed by atoms with Gasteiger partial charge in [0.2, 0.25) is 0 Å². The molecule has 0 spiro atoms. The molecule has 0 aromatic carbocycles. The molecule has 0 aliphatic rings. The lowest BCUT2D eigenvalue weighted by atomic mass is 10.4. The summed E-state index contributed by atoms with van der Waals surface area (Å²) in [6, 6.07) is 0.0795. The van der Waals surface area contributed by atoms with Gasteiger partial charge >= 0.3 is 0 Å². The van der Waals surface area contributed by atoms with Crippen molar-refractivity contribution in [1.29, 1.82) is 0 Å². The Bertz CT molecular complexity index is 107. The molecule has 0 saturated heterocycles. The van der Waals surface area contributed by atoms with E-state index in [0.29, 0.717) is 0 Å². The Morgan fingerprint density at radius 2 is 1.88 bits per heavy atom. The van der Waals surface area contributed by atoms with Crippen molar-refractivity contribution in [3.8, 4) is 0 Å². The van der Waals surface area contributed by atoms with Crippen molar-refractivity contribution < 1.29 is 4.57 Å². The van der Waals surface area contributed by atoms with Gasteiger partial charge in [0.15, 0.2) is 0 Å². The second-order valence-electron chi connectivity index (χ2n) is 1.99. The Hall–Kier alpha value is 0.110. The van der Waals surface area contributed by atoms with E-state index in [0.717, 1.165) is 0 Å². The molecule has 0 bridgehead atoms. The lowest BCUT2D eigenvalue weighted by molar-refractivity contribution is 0.558. The second kappa shape index (κ2) is 2.60. The predicted molar refractivity (Wildman–Crippen MR) is 34.3 cm³/mol. The van der Waals surface area contributed by atoms with Crippen molar-refractivity contribution in [1.82, 2.24) is 5.09 Å². The minimum atomic E-state index is -2.97. The maximum absolute atomic E-state index is 10.5. The lowest BCUT2D eigenvalue weighted by Gasteiger charge is -2.10. The molecule has 0 fully saturated rings. The van der Waals surface area contributed by atoms with E-state index >= 15 is 0 Å². The van der Waals surface area contributed by atoms with Gasteiger partial charge in [0.25, 0.3) is 7.59 Å². The average Bonchev–Trinajstić information content (AvgIpc) is 1.21. The zero-order valence-electron chi connectivity index (χ0n) is 5.09. The zero-order chi connectivity index (χ0) is 6.78. The number of rotatable bonds is 2. The van der Waals surface area contributed by atoms with Crippen molar-refractivity contribution in [3.05, 3.63) is 0 Å². The highest BCUT2D eigenvalue weighted by Gasteiger charge is 2.07. The molecule has 0 aliphatic carbocycles. The van der Waals surface area contributed by atoms with Crippen LogP contribution in [0.2, 0.25) is 0 Å². The molecule has 0 aliphatic heterocycles. The van der Waals surface area contributed by atoms with Crippen LogP contribution in [0.25, 0.3) is 0 Å². The van der Waals surface area contributed by atoms with Gasteiger partial charge in [-0.25, -0.2) is 5.09 Å². The van der Waals surface area contributed by atoms with Crippen LogP contribution in [-0.4, -0.2) is 6.04 Å². The quantitative estimate of drug-likeness (QED) is 0.468. The van der Waals surface area contributed by atoms with Gasteiger partial charge in [-0.2, -0.15) is 0 Å². The lowest BCUT2D eigenvalue weighted by Crippen LogP contribution is -2.27. The van der Waals surface area contributed by atoms with E-state index in [-0.39, 0.29) is 6.04 Å². The van der Waals surface area contributed by atoms with Gasteiger partial charge in [-0.1, -0.05) is 0 Å². The topological polar surface area (TPSA) is 81.1 Å². The van der Waals surface area contributed by atoms with E-state index in [9.17, 15) is 4.57 Å². The van der Waals surface area contributed by atoms with Crippen LogP contribution in [0.1, 0.15) is 13.8 Å². The first-order valence-electron chi connectivity index (χ1n) is 2.37. The molecule has 50 valence electrons. The molecule has 0 saturated carbocycles. The van der Waals surface area contributed by atoms with Gasteiger partial charge in [-0.05, 0) is 13.8 Å². The summed E-state index contributed by atoms with van der Waals surface area (Å²) in [6.45, 7) is 3.65. The first kappa shape index (κ1) is 8.11. The fourth-order valence-corrected chi connectivity index (χ4v) is 1.21. The summed E-state index contributed by atoms with van der Waals surface area (Å²) in [6.07, 6.45) is 0. The van der Waals surface area contributed by atoms with E-state index in [1.165, 1.54) is 0 Å². The van der Waals surface area contributed by atoms with E-state index < -0.39 is 7.59 Å². The molecular weight excluding hydrogens is 125 g/mol. The molecule has 0 radical (unpaired) electrons. The summed E-state index contributed by atoms with van der Waals surface area (Å²) < 4.78 is 10.5. The van der Waals surface area contributed by atoms with Crippen LogP contribution in [0.4, 0.5) is 0 Å². The van der Waals surface area contributed by atoms with Crippen LogP contribution in [0.3, 0.4) is 0 Å². The van der Waals surface area contributed by atoms with E-state index in [4.69, 9.17) is 11.0 Å². The standard InChI is InChI=1S/C3H12N3OP/c1-3(2)6-8(4,5)7/h3H,1-2H3,(H5,4,5,6,7). The molecule has 0 amide bonds. The SMILES string of the molecule is CC(C)NP(N)(N)=O. The fourth-order valence-electron chi connectivity index (χ4n) is 0.404. The molecule has 5 heteroatoms. The number of nitrogens with one attached hydrogen (secondary N) is 1. The normalized spacial score (nSPS) is 12.6. The Morgan fingerprint density at radius 1 is 1.50 bits per heavy atom. The Morgan fingerprint density at radius 3 is 1.88 bits per heavy atom. The third kappa shape index (κ3) is 6.11. The zero-order valence-corrected chi connectivity index (χ0v) is 5.98. The van der Waals surface area contributed by atoms with Gasteiger partial charge in [-0.15, -0.1) is 0 Å². The van der Waals surface area contributed by atoms with Crippen LogP contribution >= 0.6 is 7.59 Å². The van der Waals surface area contributed by atoms with Gasteiger partial charge in [0.05, 0.1) is 0 Å². The second-order valence-corrected chi connectivity index (χ2v) is 3.67. The molecule has 0 atom stereocenters. The summed E-state index contributed by atoms with van der Waals surface area (Å²) in [4.78, 5) is 0. The largest absolute Gasteiger partial charge is 0.273 e. The first-order chi connectivity index (χ1) is 3.42. The first-order valence-corrected chi connectivity index (χ1v) is 4.21. The third-order valence-electron chi connectivity index (χ3n) is 0.460. The summed E-state index contributed by atoms with van der Waals surface area (Å²) in [5.41, 5.74) is 9.92. The monoisotopic (exact) mass is 137 g/mol. The van der Waals surface area contributed by atoms with Crippen molar-refractivity contribution in [3.63, 3.8) is 0 Å². The number of hydrogen-bond donors (Lipinski definition) is 3. The smallest absolute Gasteiger partial charge is 0.271 e. The van der Waals surface area contributed by atoms with Crippen LogP contribution in [0.15, 0.2) is 0 Å². The van der Waals surface area contributed by atoms with Crippen LogP contribution in [0.5, 0.6) is 0 Å². The molecule has 0 aromatic rings. The predicted octanol–water partition coefficient (Wildman–Crippen LogP) is 0.00990. The van der Waals surface area contributed by atoms with Crippen molar-refractivity contribution in [2.75, 3.05) is 0 Å². The van der Waals surface area contributed by atoms with Gasteiger partial charge in [-0.3, -0.25) is 15.6 Å². The highest BCUT2D eigenvalue weighted by atomic mass is 31.2. The van der Waals surface area contributed by atoms with Crippen molar-refractivity contribution in [2.45, 2.75) is 19.9 Å². The summed E-state index contributed by atoms with van der Waals surface area (Å²) in [7, 11) is -2.97. The molecular formula is C3H12N3OP. The summed E-state index contributed by atoms with van der Waals surface area (Å²) in [5, 5.41) is 2.49. The Balaban J connectivity index is 3.56. The van der Waals surface area contributed by atoms with E-state index in [2.05, 4.69) is 5.09 Å². The van der Waals surface area contributed by atoms with Gasteiger partial charge in [0.1, 0.15) is 0 Å². The van der Waals surface area contributed by atoms with Gasteiger partial charge < -0.3 is 0 Å². The van der Waals surface area contributed by atoms with E-state index in [1.54, 1.807) is 0 Å². The number of hydrogen-bond acceptors (Lipinski definition) is 1. The van der Waals surface area contributed by atoms with Crippen molar-refractivity contribution >= 4 is 7.59 Å². The Labute approximate surface area is 49.2 Å². The van der Waals surface area contributed by atoms with E-state index in [1.807, 2.05) is 13.8 Å².